The molecule has 3 rings (SSSR count). The zero-order valence-corrected chi connectivity index (χ0v) is 15.4. The molecule has 0 aromatic heterocycles. The normalized spacial score (nSPS) is 13.3. The van der Waals surface area contributed by atoms with Crippen LogP contribution < -0.4 is 5.32 Å². The molecular weight excluding hydrogens is 350 g/mol. The van der Waals surface area contributed by atoms with Gasteiger partial charge in [0.05, 0.1) is 6.54 Å². The van der Waals surface area contributed by atoms with Crippen LogP contribution in [0, 0.1) is 25.5 Å². The van der Waals surface area contributed by atoms with E-state index in [2.05, 4.69) is 5.32 Å². The van der Waals surface area contributed by atoms with Crippen LogP contribution in [0.15, 0.2) is 36.4 Å². The van der Waals surface area contributed by atoms with Crippen molar-refractivity contribution in [2.45, 2.75) is 39.3 Å². The summed E-state index contributed by atoms with van der Waals surface area (Å²) < 4.78 is 27.0. The molecule has 1 aliphatic carbocycles. The molecule has 2 aromatic carbocycles. The van der Waals surface area contributed by atoms with E-state index in [0.29, 0.717) is 5.56 Å². The Labute approximate surface area is 157 Å². The highest BCUT2D eigenvalue weighted by Crippen LogP contribution is 2.29. The second-order valence-electron chi connectivity index (χ2n) is 7.05. The van der Waals surface area contributed by atoms with Crippen LogP contribution in [-0.2, 0) is 11.3 Å². The highest BCUT2D eigenvalue weighted by molar-refractivity contribution is 5.96. The maximum atomic E-state index is 13.9. The molecule has 1 aliphatic rings. The SMILES string of the molecule is Cc1cc(C)cc(C(=O)NCC(=O)N(Cc2ccc(F)cc2F)C2CC2)c1. The number of rotatable bonds is 6. The first-order valence-corrected chi connectivity index (χ1v) is 8.93. The van der Waals surface area contributed by atoms with E-state index in [9.17, 15) is 18.4 Å². The van der Waals surface area contributed by atoms with Crippen molar-refractivity contribution in [1.82, 2.24) is 10.2 Å². The molecule has 0 radical (unpaired) electrons. The molecule has 27 heavy (non-hydrogen) atoms. The third-order valence-corrected chi connectivity index (χ3v) is 4.55. The van der Waals surface area contributed by atoms with E-state index in [0.717, 1.165) is 30.0 Å². The third kappa shape index (κ3) is 4.90. The first-order valence-electron chi connectivity index (χ1n) is 8.93. The Morgan fingerprint density at radius 2 is 1.74 bits per heavy atom. The van der Waals surface area contributed by atoms with E-state index in [1.54, 1.807) is 17.0 Å². The molecular formula is C21H22F2N2O2. The number of hydrogen-bond donors (Lipinski definition) is 1. The van der Waals surface area contributed by atoms with Crippen LogP contribution in [0.3, 0.4) is 0 Å². The van der Waals surface area contributed by atoms with E-state index in [1.807, 2.05) is 19.9 Å². The van der Waals surface area contributed by atoms with E-state index < -0.39 is 11.6 Å². The Morgan fingerprint density at radius 1 is 1.07 bits per heavy atom. The molecule has 1 saturated carbocycles. The van der Waals surface area contributed by atoms with Gasteiger partial charge >= 0.3 is 0 Å². The molecule has 4 nitrogen and oxygen atoms in total. The smallest absolute Gasteiger partial charge is 0.251 e. The summed E-state index contributed by atoms with van der Waals surface area (Å²) in [5.74, 6) is -1.92. The number of carbonyl (C=O) groups excluding carboxylic acids is 2. The molecule has 1 N–H and O–H groups in total. The maximum Gasteiger partial charge on any atom is 0.251 e. The highest BCUT2D eigenvalue weighted by atomic mass is 19.1. The average molecular weight is 372 g/mol. The van der Waals surface area contributed by atoms with Gasteiger partial charge in [-0.05, 0) is 44.9 Å². The monoisotopic (exact) mass is 372 g/mol. The number of nitrogens with zero attached hydrogens (tertiary/aromatic N) is 1. The number of benzene rings is 2. The van der Waals surface area contributed by atoms with E-state index in [4.69, 9.17) is 0 Å². The number of carbonyl (C=O) groups is 2. The summed E-state index contributed by atoms with van der Waals surface area (Å²) in [6.45, 7) is 3.71. The van der Waals surface area contributed by atoms with Crippen molar-refractivity contribution < 1.29 is 18.4 Å². The van der Waals surface area contributed by atoms with E-state index in [1.165, 1.54) is 12.1 Å². The molecule has 0 spiro atoms. The summed E-state index contributed by atoms with van der Waals surface area (Å²) in [5, 5.41) is 2.64. The van der Waals surface area contributed by atoms with Gasteiger partial charge in [0.1, 0.15) is 11.6 Å². The molecule has 0 aliphatic heterocycles. The minimum absolute atomic E-state index is 0.0417. The van der Waals surface area contributed by atoms with Gasteiger partial charge in [-0.1, -0.05) is 23.3 Å². The van der Waals surface area contributed by atoms with Crippen LogP contribution in [0.25, 0.3) is 0 Å². The Bertz CT molecular complexity index is 858. The number of aryl methyl sites for hydroxylation is 2. The number of hydrogen-bond acceptors (Lipinski definition) is 2. The lowest BCUT2D eigenvalue weighted by atomic mass is 10.1. The summed E-state index contributed by atoms with van der Waals surface area (Å²) in [6.07, 6.45) is 1.69. The first-order chi connectivity index (χ1) is 12.8. The summed E-state index contributed by atoms with van der Waals surface area (Å²) in [4.78, 5) is 26.5. The van der Waals surface area contributed by atoms with Crippen LogP contribution in [-0.4, -0.2) is 29.3 Å². The lowest BCUT2D eigenvalue weighted by Gasteiger charge is -2.23. The van der Waals surface area contributed by atoms with Crippen molar-refractivity contribution in [3.8, 4) is 0 Å². The third-order valence-electron chi connectivity index (χ3n) is 4.55. The van der Waals surface area contributed by atoms with Gasteiger partial charge in [-0.15, -0.1) is 0 Å². The van der Waals surface area contributed by atoms with Gasteiger partial charge in [-0.3, -0.25) is 9.59 Å². The second kappa shape index (κ2) is 7.86. The van der Waals surface area contributed by atoms with Gasteiger partial charge in [-0.25, -0.2) is 8.78 Å². The van der Waals surface area contributed by atoms with Crippen molar-refractivity contribution in [3.63, 3.8) is 0 Å². The fourth-order valence-electron chi connectivity index (χ4n) is 3.11. The summed E-state index contributed by atoms with van der Waals surface area (Å²) >= 11 is 0. The van der Waals surface area contributed by atoms with Crippen LogP contribution in [0.5, 0.6) is 0 Å². The predicted molar refractivity (Wildman–Crippen MR) is 98.2 cm³/mol. The van der Waals surface area contributed by atoms with Crippen molar-refractivity contribution in [1.29, 1.82) is 0 Å². The van der Waals surface area contributed by atoms with Crippen molar-refractivity contribution in [2.75, 3.05) is 6.54 Å². The van der Waals surface area contributed by atoms with Crippen LogP contribution in [0.2, 0.25) is 0 Å². The van der Waals surface area contributed by atoms with Gasteiger partial charge in [0.2, 0.25) is 5.91 Å². The maximum absolute atomic E-state index is 13.9. The summed E-state index contributed by atoms with van der Waals surface area (Å²) in [6, 6.07) is 8.87. The average Bonchev–Trinajstić information content (AvgIpc) is 3.42. The number of halogens is 2. The Balaban J connectivity index is 1.64. The van der Waals surface area contributed by atoms with Crippen LogP contribution in [0.1, 0.15) is 39.9 Å². The van der Waals surface area contributed by atoms with Gasteiger partial charge in [-0.2, -0.15) is 0 Å². The summed E-state index contributed by atoms with van der Waals surface area (Å²) in [5.41, 5.74) is 2.70. The lowest BCUT2D eigenvalue weighted by Crippen LogP contribution is -2.41. The topological polar surface area (TPSA) is 49.4 Å². The zero-order valence-electron chi connectivity index (χ0n) is 15.4. The van der Waals surface area contributed by atoms with E-state index in [-0.39, 0.29) is 36.5 Å². The fourth-order valence-corrected chi connectivity index (χ4v) is 3.11. The van der Waals surface area contributed by atoms with Gasteiger partial charge in [0.15, 0.2) is 0 Å². The Kier molecular flexibility index (Phi) is 5.54. The molecule has 0 heterocycles. The van der Waals surface area contributed by atoms with Crippen LogP contribution >= 0.6 is 0 Å². The Hall–Kier alpha value is -2.76. The van der Waals surface area contributed by atoms with Gasteiger partial charge in [0.25, 0.3) is 5.91 Å². The molecule has 142 valence electrons. The standard InChI is InChI=1S/C21H22F2N2O2/c1-13-7-14(2)9-16(8-13)21(27)24-11-20(26)25(18-5-6-18)12-15-3-4-17(22)10-19(15)23/h3-4,7-10,18H,5-6,11-12H2,1-2H3,(H,24,27). The quantitative estimate of drug-likeness (QED) is 0.844. The van der Waals surface area contributed by atoms with E-state index >= 15 is 0 Å². The number of nitrogens with one attached hydrogen (secondary N) is 1. The minimum Gasteiger partial charge on any atom is -0.343 e. The molecule has 0 unspecified atom stereocenters. The Morgan fingerprint density at radius 3 is 2.33 bits per heavy atom. The predicted octanol–water partition coefficient (Wildman–Crippen LogP) is 3.50. The second-order valence-corrected chi connectivity index (χ2v) is 7.05. The van der Waals surface area contributed by atoms with Crippen LogP contribution in [0.4, 0.5) is 8.78 Å². The van der Waals surface area contributed by atoms with Crippen molar-refractivity contribution in [2.24, 2.45) is 0 Å². The molecule has 0 atom stereocenters. The molecule has 6 heteroatoms. The highest BCUT2D eigenvalue weighted by Gasteiger charge is 2.33. The first kappa shape index (κ1) is 19.0. The van der Waals surface area contributed by atoms with Crippen molar-refractivity contribution >= 4 is 11.8 Å². The fraction of sp³-hybridized carbons (Fsp3) is 0.333. The number of amides is 2. The molecule has 1 fully saturated rings. The minimum atomic E-state index is -0.673. The molecule has 2 aromatic rings. The molecule has 0 saturated heterocycles. The lowest BCUT2D eigenvalue weighted by molar-refractivity contribution is -0.131. The van der Waals surface area contributed by atoms with Crippen molar-refractivity contribution in [3.05, 3.63) is 70.3 Å². The zero-order chi connectivity index (χ0) is 19.6. The van der Waals surface area contributed by atoms with Gasteiger partial charge in [0, 0.05) is 29.8 Å². The molecule has 2 amide bonds. The van der Waals surface area contributed by atoms with Gasteiger partial charge < -0.3 is 10.2 Å². The summed E-state index contributed by atoms with van der Waals surface area (Å²) in [7, 11) is 0. The largest absolute Gasteiger partial charge is 0.343 e. The molecule has 0 bridgehead atoms.